The van der Waals surface area contributed by atoms with Gasteiger partial charge < -0.3 is 25.0 Å². The van der Waals surface area contributed by atoms with Crippen molar-refractivity contribution in [1.29, 1.82) is 0 Å². The molecular weight excluding hydrogens is 636 g/mol. The first-order chi connectivity index (χ1) is 21.4. The van der Waals surface area contributed by atoms with Gasteiger partial charge in [-0.2, -0.15) is 0 Å². The first kappa shape index (κ1) is 33.1. The lowest BCUT2D eigenvalue weighted by molar-refractivity contribution is -0.137. The molecule has 1 amide bonds. The van der Waals surface area contributed by atoms with E-state index in [2.05, 4.69) is 41.0 Å². The van der Waals surface area contributed by atoms with Crippen LogP contribution in [0.3, 0.4) is 0 Å². The molecule has 1 aliphatic carbocycles. The van der Waals surface area contributed by atoms with Crippen molar-refractivity contribution in [3.8, 4) is 11.5 Å². The standard InChI is InChI=1S/C35H36Cl2FN3O3.ClH/c1-22-17-29(36)34(30(37)18-22)44-16-15-43-26-11-12-33(31(38)19-26)40-32-13-14-39-20-28(32)35(42)41(25-9-10-25)21-24-7-4-6-23-5-2-3-8-27(23)24;/h2-8,11-12,17-19,25,28,32,39-40H,9-10,13-16,20-21H2,1H3;1H. The zero-order valence-corrected chi connectivity index (χ0v) is 27.4. The van der Waals surface area contributed by atoms with Gasteiger partial charge in [-0.15, -0.1) is 12.4 Å². The number of ether oxygens (including phenoxy) is 2. The molecule has 4 aromatic carbocycles. The molecule has 2 N–H and O–H groups in total. The van der Waals surface area contributed by atoms with Gasteiger partial charge in [-0.05, 0) is 78.9 Å². The Morgan fingerprint density at radius 2 is 1.71 bits per heavy atom. The third kappa shape index (κ3) is 7.95. The zero-order valence-electron chi connectivity index (χ0n) is 25.0. The minimum absolute atomic E-state index is 0. The van der Waals surface area contributed by atoms with Crippen LogP contribution in [0.15, 0.2) is 72.8 Å². The second-order valence-electron chi connectivity index (χ2n) is 11.6. The smallest absolute Gasteiger partial charge is 0.229 e. The Balaban J connectivity index is 0.00000400. The van der Waals surface area contributed by atoms with Crippen LogP contribution in [0.4, 0.5) is 10.1 Å². The van der Waals surface area contributed by atoms with Gasteiger partial charge in [0, 0.05) is 31.2 Å². The van der Waals surface area contributed by atoms with Crippen LogP contribution in [0.2, 0.25) is 10.0 Å². The van der Waals surface area contributed by atoms with Crippen LogP contribution in [0.5, 0.6) is 11.5 Å². The summed E-state index contributed by atoms with van der Waals surface area (Å²) in [4.78, 5) is 16.1. The Hall–Kier alpha value is -3.23. The lowest BCUT2D eigenvalue weighted by atomic mass is 9.91. The van der Waals surface area contributed by atoms with E-state index in [0.29, 0.717) is 46.7 Å². The number of piperidine rings is 1. The fraction of sp³-hybridized carbons (Fsp3) is 0.343. The van der Waals surface area contributed by atoms with Crippen LogP contribution in [0, 0.1) is 18.7 Å². The predicted molar refractivity (Wildman–Crippen MR) is 182 cm³/mol. The molecule has 0 aromatic heterocycles. The van der Waals surface area contributed by atoms with Crippen molar-refractivity contribution >= 4 is 58.0 Å². The number of aryl methyl sites for hydroxylation is 1. The molecular formula is C35H37Cl3FN3O3. The largest absolute Gasteiger partial charge is 0.490 e. The van der Waals surface area contributed by atoms with Gasteiger partial charge in [-0.1, -0.05) is 65.7 Å². The average molecular weight is 673 g/mol. The van der Waals surface area contributed by atoms with Crippen LogP contribution >= 0.6 is 35.6 Å². The van der Waals surface area contributed by atoms with Gasteiger partial charge in [0.05, 0.1) is 21.7 Å². The third-order valence-electron chi connectivity index (χ3n) is 8.31. The molecule has 0 spiro atoms. The Labute approximate surface area is 279 Å². The van der Waals surface area contributed by atoms with Crippen LogP contribution in [0.25, 0.3) is 10.8 Å². The summed E-state index contributed by atoms with van der Waals surface area (Å²) in [5.41, 5.74) is 2.44. The maximum atomic E-state index is 15.3. The molecule has 1 aliphatic heterocycles. The van der Waals surface area contributed by atoms with E-state index in [9.17, 15) is 4.79 Å². The number of fused-ring (bicyclic) bond motifs is 1. The van der Waals surface area contributed by atoms with Gasteiger partial charge in [-0.25, -0.2) is 4.39 Å². The third-order valence-corrected chi connectivity index (χ3v) is 8.87. The Morgan fingerprint density at radius 1 is 0.978 bits per heavy atom. The van der Waals surface area contributed by atoms with Gasteiger partial charge in [0.25, 0.3) is 0 Å². The predicted octanol–water partition coefficient (Wildman–Crippen LogP) is 8.05. The molecule has 10 heteroatoms. The molecule has 2 aliphatic rings. The Kier molecular flexibility index (Phi) is 11.0. The number of rotatable bonds is 11. The molecule has 2 atom stereocenters. The average Bonchev–Trinajstić information content (AvgIpc) is 3.86. The van der Waals surface area contributed by atoms with E-state index >= 15 is 4.39 Å². The second-order valence-corrected chi connectivity index (χ2v) is 12.4. The topological polar surface area (TPSA) is 62.8 Å². The van der Waals surface area contributed by atoms with Crippen molar-refractivity contribution in [2.45, 2.75) is 44.8 Å². The van der Waals surface area contributed by atoms with Crippen LogP contribution in [-0.2, 0) is 11.3 Å². The highest BCUT2D eigenvalue weighted by Gasteiger charge is 2.40. The maximum Gasteiger partial charge on any atom is 0.229 e. The summed E-state index contributed by atoms with van der Waals surface area (Å²) in [6, 6.07) is 22.9. The van der Waals surface area contributed by atoms with Crippen molar-refractivity contribution in [2.75, 3.05) is 31.6 Å². The summed E-state index contributed by atoms with van der Waals surface area (Å²) in [6.45, 7) is 4.15. The number of carbonyl (C=O) groups is 1. The van der Waals surface area contributed by atoms with Crippen LogP contribution in [0.1, 0.15) is 30.4 Å². The van der Waals surface area contributed by atoms with Gasteiger partial charge >= 0.3 is 0 Å². The van der Waals surface area contributed by atoms with E-state index in [1.807, 2.05) is 24.0 Å². The van der Waals surface area contributed by atoms with Crippen molar-refractivity contribution in [3.05, 3.63) is 99.8 Å². The van der Waals surface area contributed by atoms with Crippen LogP contribution in [-0.4, -0.2) is 49.2 Å². The van der Waals surface area contributed by atoms with E-state index in [1.54, 1.807) is 24.3 Å². The first-order valence-corrected chi connectivity index (χ1v) is 15.9. The molecule has 238 valence electrons. The SMILES string of the molecule is Cc1cc(Cl)c(OCCOc2ccc(NC3CCNCC3C(=O)N(Cc3cccc4ccccc34)C3CC3)c(F)c2)c(Cl)c1.Cl. The summed E-state index contributed by atoms with van der Waals surface area (Å²) in [5.74, 6) is 0.140. The van der Waals surface area contributed by atoms with Crippen molar-refractivity contribution in [2.24, 2.45) is 5.92 Å². The van der Waals surface area contributed by atoms with Crippen molar-refractivity contribution in [1.82, 2.24) is 10.2 Å². The highest BCUT2D eigenvalue weighted by atomic mass is 35.5. The minimum atomic E-state index is -0.437. The van der Waals surface area contributed by atoms with E-state index < -0.39 is 5.82 Å². The molecule has 2 unspecified atom stereocenters. The van der Waals surface area contributed by atoms with E-state index in [-0.39, 0.29) is 49.5 Å². The quantitative estimate of drug-likeness (QED) is 0.158. The number of amides is 1. The summed E-state index contributed by atoms with van der Waals surface area (Å²) >= 11 is 12.5. The number of anilines is 1. The molecule has 1 heterocycles. The molecule has 4 aromatic rings. The highest BCUT2D eigenvalue weighted by Crippen LogP contribution is 2.35. The molecule has 45 heavy (non-hydrogen) atoms. The fourth-order valence-corrected chi connectivity index (χ4v) is 6.63. The number of hydrogen-bond acceptors (Lipinski definition) is 5. The number of hydrogen-bond donors (Lipinski definition) is 2. The van der Waals surface area contributed by atoms with Gasteiger partial charge in [0.1, 0.15) is 24.8 Å². The van der Waals surface area contributed by atoms with Crippen LogP contribution < -0.4 is 20.1 Å². The lowest BCUT2D eigenvalue weighted by Gasteiger charge is -2.36. The minimum Gasteiger partial charge on any atom is -0.490 e. The monoisotopic (exact) mass is 671 g/mol. The van der Waals surface area contributed by atoms with Gasteiger partial charge in [0.15, 0.2) is 5.75 Å². The van der Waals surface area contributed by atoms with Gasteiger partial charge in [0.2, 0.25) is 5.91 Å². The highest BCUT2D eigenvalue weighted by molar-refractivity contribution is 6.37. The molecule has 1 saturated carbocycles. The normalized spacial score (nSPS) is 17.8. The molecule has 0 bridgehead atoms. The van der Waals surface area contributed by atoms with Gasteiger partial charge in [-0.3, -0.25) is 4.79 Å². The molecule has 6 nitrogen and oxygen atoms in total. The summed E-state index contributed by atoms with van der Waals surface area (Å²) in [5, 5.41) is 9.93. The first-order valence-electron chi connectivity index (χ1n) is 15.1. The van der Waals surface area contributed by atoms with E-state index in [4.69, 9.17) is 32.7 Å². The number of benzene rings is 4. The fourth-order valence-electron chi connectivity index (χ4n) is 5.92. The molecule has 6 rings (SSSR count). The lowest BCUT2D eigenvalue weighted by Crippen LogP contribution is -2.52. The van der Waals surface area contributed by atoms with Crippen molar-refractivity contribution < 1.29 is 18.7 Å². The number of nitrogens with one attached hydrogen (secondary N) is 2. The molecule has 2 fully saturated rings. The number of nitrogens with zero attached hydrogens (tertiary/aromatic N) is 1. The molecule has 0 radical (unpaired) electrons. The number of halogens is 4. The summed E-state index contributed by atoms with van der Waals surface area (Å²) < 4.78 is 26.7. The summed E-state index contributed by atoms with van der Waals surface area (Å²) in [6.07, 6.45) is 2.74. The number of carbonyl (C=O) groups excluding carboxylic acids is 1. The molecule has 1 saturated heterocycles. The maximum absolute atomic E-state index is 15.3. The summed E-state index contributed by atoms with van der Waals surface area (Å²) in [7, 11) is 0. The van der Waals surface area contributed by atoms with E-state index in [0.717, 1.165) is 30.5 Å². The zero-order chi connectivity index (χ0) is 30.6. The Morgan fingerprint density at radius 3 is 2.47 bits per heavy atom. The van der Waals surface area contributed by atoms with E-state index in [1.165, 1.54) is 16.8 Å². The Bertz CT molecular complexity index is 1620. The van der Waals surface area contributed by atoms with Crippen molar-refractivity contribution in [3.63, 3.8) is 0 Å². The second kappa shape index (κ2) is 14.9.